The zero-order chi connectivity index (χ0) is 13.9. The molecule has 0 amide bonds. The van der Waals surface area contributed by atoms with Gasteiger partial charge in [0.1, 0.15) is 5.00 Å². The molecule has 0 aromatic carbocycles. The predicted molar refractivity (Wildman–Crippen MR) is 77.8 cm³/mol. The second-order valence-electron chi connectivity index (χ2n) is 7.22. The van der Waals surface area contributed by atoms with Crippen LogP contribution in [0.3, 0.4) is 0 Å². The van der Waals surface area contributed by atoms with Crippen molar-refractivity contribution < 1.29 is 9.90 Å². The highest BCUT2D eigenvalue weighted by molar-refractivity contribution is 7.15. The Labute approximate surface area is 122 Å². The monoisotopic (exact) mass is 292 g/mol. The number of nitrogens with two attached hydrogens (primary N) is 1. The number of thiazole rings is 1. The van der Waals surface area contributed by atoms with Gasteiger partial charge >= 0.3 is 5.97 Å². The summed E-state index contributed by atoms with van der Waals surface area (Å²) in [5.74, 6) is 1.74. The molecule has 20 heavy (non-hydrogen) atoms. The van der Waals surface area contributed by atoms with E-state index in [1.54, 1.807) is 0 Å². The molecule has 3 N–H and O–H groups in total. The number of hydrogen-bond acceptors (Lipinski definition) is 4. The van der Waals surface area contributed by atoms with Gasteiger partial charge in [-0.15, -0.1) is 11.3 Å². The maximum atomic E-state index is 11.1. The van der Waals surface area contributed by atoms with Crippen LogP contribution in [0.25, 0.3) is 0 Å². The van der Waals surface area contributed by atoms with Crippen LogP contribution in [0.5, 0.6) is 0 Å². The Morgan fingerprint density at radius 1 is 1.25 bits per heavy atom. The predicted octanol–water partition coefficient (Wildman–Crippen LogP) is 3.18. The third kappa shape index (κ3) is 1.94. The number of nitrogen functional groups attached to an aromatic ring is 1. The first-order chi connectivity index (χ1) is 9.53. The molecule has 0 radical (unpaired) electrons. The van der Waals surface area contributed by atoms with Crippen molar-refractivity contribution in [3.05, 3.63) is 10.7 Å². The van der Waals surface area contributed by atoms with Crippen molar-refractivity contribution in [2.45, 2.75) is 44.9 Å². The topological polar surface area (TPSA) is 76.2 Å². The van der Waals surface area contributed by atoms with E-state index in [2.05, 4.69) is 4.98 Å². The minimum Gasteiger partial charge on any atom is -0.476 e. The van der Waals surface area contributed by atoms with Gasteiger partial charge < -0.3 is 10.8 Å². The Kier molecular flexibility index (Phi) is 2.65. The van der Waals surface area contributed by atoms with E-state index < -0.39 is 5.97 Å². The molecule has 0 aliphatic heterocycles. The average molecular weight is 292 g/mol. The summed E-state index contributed by atoms with van der Waals surface area (Å²) in [4.78, 5) is 15.3. The lowest BCUT2D eigenvalue weighted by atomic mass is 9.49. The summed E-state index contributed by atoms with van der Waals surface area (Å²) in [7, 11) is 0. The Bertz CT molecular complexity index is 531. The first-order valence-electron chi connectivity index (χ1n) is 7.51. The molecule has 1 aromatic heterocycles. The van der Waals surface area contributed by atoms with Gasteiger partial charge in [-0.3, -0.25) is 0 Å². The van der Waals surface area contributed by atoms with E-state index in [-0.39, 0.29) is 5.69 Å². The summed E-state index contributed by atoms with van der Waals surface area (Å²) in [6.45, 7) is 0. The summed E-state index contributed by atoms with van der Waals surface area (Å²) >= 11 is 1.38. The number of hydrogen-bond donors (Lipinski definition) is 2. The fourth-order valence-electron chi connectivity index (χ4n) is 5.43. The Balaban J connectivity index is 1.59. The summed E-state index contributed by atoms with van der Waals surface area (Å²) in [5, 5.41) is 10.4. The number of aromatic carboxylic acids is 1. The molecule has 0 atom stereocenters. The molecule has 4 aliphatic carbocycles. The third-order valence-corrected chi connectivity index (χ3v) is 6.48. The number of nitrogens with zero attached hydrogens (tertiary/aromatic N) is 1. The molecule has 0 spiro atoms. The number of rotatable bonds is 3. The average Bonchev–Trinajstić information content (AvgIpc) is 2.67. The van der Waals surface area contributed by atoms with E-state index in [0.717, 1.165) is 29.2 Å². The fraction of sp³-hybridized carbons (Fsp3) is 0.733. The summed E-state index contributed by atoms with van der Waals surface area (Å²) in [5.41, 5.74) is 6.23. The minimum absolute atomic E-state index is 0.0507. The lowest BCUT2D eigenvalue weighted by molar-refractivity contribution is -0.0522. The van der Waals surface area contributed by atoms with Gasteiger partial charge in [0, 0.05) is 6.42 Å². The molecule has 5 heteroatoms. The number of carboxylic acid groups (broad SMARTS) is 1. The van der Waals surface area contributed by atoms with Crippen molar-refractivity contribution in [2.24, 2.45) is 23.2 Å². The van der Waals surface area contributed by atoms with Crippen LogP contribution >= 0.6 is 11.3 Å². The maximum absolute atomic E-state index is 11.1. The van der Waals surface area contributed by atoms with E-state index in [1.807, 2.05) is 0 Å². The number of carbonyl (C=O) groups is 1. The quantitative estimate of drug-likeness (QED) is 0.897. The van der Waals surface area contributed by atoms with Gasteiger partial charge in [-0.2, -0.15) is 0 Å². The number of carboxylic acids is 1. The highest BCUT2D eigenvalue weighted by Crippen LogP contribution is 2.61. The Hall–Kier alpha value is -1.10. The van der Waals surface area contributed by atoms with Gasteiger partial charge in [-0.1, -0.05) is 0 Å². The molecule has 4 aliphatic rings. The molecule has 1 aromatic rings. The molecule has 108 valence electrons. The highest BCUT2D eigenvalue weighted by Gasteiger charge is 2.51. The van der Waals surface area contributed by atoms with E-state index >= 15 is 0 Å². The van der Waals surface area contributed by atoms with Crippen LogP contribution < -0.4 is 5.73 Å². The van der Waals surface area contributed by atoms with E-state index in [4.69, 9.17) is 10.8 Å². The Morgan fingerprint density at radius 3 is 2.25 bits per heavy atom. The van der Waals surface area contributed by atoms with Crippen molar-refractivity contribution in [2.75, 3.05) is 5.73 Å². The third-order valence-electron chi connectivity index (χ3n) is 5.59. The largest absolute Gasteiger partial charge is 0.476 e. The molecular formula is C15H20N2O2S. The fourth-order valence-corrected chi connectivity index (χ4v) is 6.43. The van der Waals surface area contributed by atoms with Crippen molar-refractivity contribution in [1.82, 2.24) is 4.98 Å². The molecule has 4 bridgehead atoms. The van der Waals surface area contributed by atoms with Crippen LogP contribution in [0.1, 0.15) is 54.0 Å². The highest BCUT2D eigenvalue weighted by atomic mass is 32.1. The molecule has 4 fully saturated rings. The van der Waals surface area contributed by atoms with Gasteiger partial charge in [-0.25, -0.2) is 9.78 Å². The lowest BCUT2D eigenvalue weighted by Crippen LogP contribution is -2.47. The molecule has 1 heterocycles. The van der Waals surface area contributed by atoms with Gasteiger partial charge in [0.2, 0.25) is 0 Å². The first kappa shape index (κ1) is 12.6. The van der Waals surface area contributed by atoms with Crippen molar-refractivity contribution in [1.29, 1.82) is 0 Å². The molecule has 4 saturated carbocycles. The summed E-state index contributed by atoms with van der Waals surface area (Å²) < 4.78 is 0. The minimum atomic E-state index is -1.00. The standard InChI is InChI=1S/C15H20N2O2S/c16-13-12(14(18)19)17-11(20-13)7-15-4-8-1-9(5-15)3-10(2-8)6-15/h8-10H,1-7,16H2,(H,18,19). The first-order valence-corrected chi connectivity index (χ1v) is 8.33. The van der Waals surface area contributed by atoms with Crippen LogP contribution in [0.15, 0.2) is 0 Å². The molecule has 0 saturated heterocycles. The van der Waals surface area contributed by atoms with Crippen LogP contribution in [-0.2, 0) is 6.42 Å². The SMILES string of the molecule is Nc1sc(CC23CC4CC(CC(C4)C2)C3)nc1C(=O)O. The second kappa shape index (κ2) is 4.20. The molecule has 4 nitrogen and oxygen atoms in total. The molecular weight excluding hydrogens is 272 g/mol. The maximum Gasteiger partial charge on any atom is 0.357 e. The molecule has 0 unspecified atom stereocenters. The van der Waals surface area contributed by atoms with Crippen LogP contribution in [-0.4, -0.2) is 16.1 Å². The van der Waals surface area contributed by atoms with Gasteiger partial charge in [0.25, 0.3) is 0 Å². The van der Waals surface area contributed by atoms with Gasteiger partial charge in [0.15, 0.2) is 5.69 Å². The summed E-state index contributed by atoms with van der Waals surface area (Å²) in [6.07, 6.45) is 9.19. The van der Waals surface area contributed by atoms with Gasteiger partial charge in [-0.05, 0) is 61.7 Å². The van der Waals surface area contributed by atoms with Crippen molar-refractivity contribution in [3.8, 4) is 0 Å². The van der Waals surface area contributed by atoms with E-state index in [0.29, 0.717) is 10.4 Å². The summed E-state index contributed by atoms with van der Waals surface area (Å²) in [6, 6.07) is 0. The second-order valence-corrected chi connectivity index (χ2v) is 8.34. The zero-order valence-corrected chi connectivity index (χ0v) is 12.3. The van der Waals surface area contributed by atoms with Crippen LogP contribution in [0.2, 0.25) is 0 Å². The number of anilines is 1. The normalized spacial score (nSPS) is 38.3. The Morgan fingerprint density at radius 2 is 1.80 bits per heavy atom. The van der Waals surface area contributed by atoms with Crippen molar-refractivity contribution in [3.63, 3.8) is 0 Å². The smallest absolute Gasteiger partial charge is 0.357 e. The van der Waals surface area contributed by atoms with Crippen molar-refractivity contribution >= 4 is 22.3 Å². The zero-order valence-electron chi connectivity index (χ0n) is 11.5. The number of aromatic nitrogens is 1. The van der Waals surface area contributed by atoms with E-state index in [9.17, 15) is 4.79 Å². The van der Waals surface area contributed by atoms with E-state index in [1.165, 1.54) is 49.9 Å². The van der Waals surface area contributed by atoms with Crippen LogP contribution in [0.4, 0.5) is 5.00 Å². The van der Waals surface area contributed by atoms with Gasteiger partial charge in [0.05, 0.1) is 5.01 Å². The molecule has 5 rings (SSSR count). The van der Waals surface area contributed by atoms with Crippen LogP contribution in [0, 0.1) is 23.2 Å². The lowest BCUT2D eigenvalue weighted by Gasteiger charge is -2.56.